The van der Waals surface area contributed by atoms with Crippen molar-refractivity contribution in [2.45, 2.75) is 63.0 Å². The first-order chi connectivity index (χ1) is 13.0. The predicted octanol–water partition coefficient (Wildman–Crippen LogP) is 2.33. The summed E-state index contributed by atoms with van der Waals surface area (Å²) in [6, 6.07) is 0. The highest BCUT2D eigenvalue weighted by Crippen LogP contribution is 2.71. The van der Waals surface area contributed by atoms with E-state index in [0.717, 1.165) is 5.57 Å². The minimum absolute atomic E-state index is 0. The molecule has 0 aromatic heterocycles. The highest BCUT2D eigenvalue weighted by molar-refractivity contribution is 6.26. The molecule has 0 spiro atoms. The number of halogens is 1. The summed E-state index contributed by atoms with van der Waals surface area (Å²) in [5.41, 5.74) is -2.25. The Kier molecular flexibility index (Phi) is 5.25. The van der Waals surface area contributed by atoms with Crippen molar-refractivity contribution in [3.8, 4) is 0 Å². The molecule has 0 heterocycles. The van der Waals surface area contributed by atoms with E-state index in [9.17, 15) is 24.9 Å². The molecule has 0 aliphatic heterocycles. The second-order valence-electron chi connectivity index (χ2n) is 9.75. The normalized spacial score (nSPS) is 50.7. The summed E-state index contributed by atoms with van der Waals surface area (Å²) in [7, 11) is 0. The van der Waals surface area contributed by atoms with Crippen LogP contribution in [0.2, 0.25) is 0 Å². The number of fused-ring (bicyclic) bond motifs is 5. The van der Waals surface area contributed by atoms with E-state index in [-0.39, 0.29) is 36.1 Å². The summed E-state index contributed by atoms with van der Waals surface area (Å²) in [4.78, 5) is 23.5. The molecule has 3 saturated carbocycles. The van der Waals surface area contributed by atoms with Crippen molar-refractivity contribution >= 4 is 23.2 Å². The van der Waals surface area contributed by atoms with Crippen LogP contribution >= 0.6 is 11.6 Å². The van der Waals surface area contributed by atoms with Crippen LogP contribution in [-0.4, -0.2) is 50.1 Å². The molecule has 0 unspecified atom stereocenters. The van der Waals surface area contributed by atoms with Crippen LogP contribution in [0.3, 0.4) is 0 Å². The third-order valence-electron chi connectivity index (χ3n) is 8.79. The highest BCUT2D eigenvalue weighted by Gasteiger charge is 2.74. The van der Waals surface area contributed by atoms with Crippen LogP contribution in [-0.2, 0) is 9.59 Å². The van der Waals surface area contributed by atoms with Crippen molar-refractivity contribution < 1.29 is 24.9 Å². The van der Waals surface area contributed by atoms with Crippen molar-refractivity contribution in [3.05, 3.63) is 23.8 Å². The van der Waals surface area contributed by atoms with Gasteiger partial charge in [-0.3, -0.25) is 9.59 Å². The van der Waals surface area contributed by atoms with Crippen molar-refractivity contribution in [2.24, 2.45) is 28.6 Å². The fraction of sp³-hybridized carbons (Fsp3) is 0.727. The zero-order valence-corrected chi connectivity index (χ0v) is 18.1. The molecule has 0 aromatic rings. The fourth-order valence-electron chi connectivity index (χ4n) is 7.26. The Labute approximate surface area is 176 Å². The number of alkyl halides is 1. The standard InChI is InChI=1S/C22H29ClO5.H3N/c1-12-8-16-15-5-4-13-9-14(25)6-7-19(13,2)21(15,23)17(26)10-20(16,3)22(12,28)18(27)11-24;/h6-7,9,12,15-17,24,26,28H,4-5,8,10-11H2,1-3H3;1H3/t12-,15-,16-,17-,19-,20-,21-,22-;/m0./s1. The van der Waals surface area contributed by atoms with E-state index in [1.807, 2.05) is 26.8 Å². The number of carbonyl (C=O) groups excluding carboxylic acids is 2. The maximum absolute atomic E-state index is 12.6. The number of rotatable bonds is 2. The second-order valence-corrected chi connectivity index (χ2v) is 10.4. The van der Waals surface area contributed by atoms with Crippen LogP contribution in [0.1, 0.15) is 46.5 Å². The molecular weight excluding hydrogens is 394 g/mol. The fourth-order valence-corrected chi connectivity index (χ4v) is 7.78. The summed E-state index contributed by atoms with van der Waals surface area (Å²) < 4.78 is 0. The molecule has 4 aliphatic rings. The van der Waals surface area contributed by atoms with Crippen molar-refractivity contribution in [3.63, 3.8) is 0 Å². The number of ketones is 2. The molecule has 0 bridgehead atoms. The molecule has 0 radical (unpaired) electrons. The molecule has 0 saturated heterocycles. The molecule has 0 amide bonds. The van der Waals surface area contributed by atoms with E-state index in [1.165, 1.54) is 6.08 Å². The first kappa shape index (κ1) is 22.6. The van der Waals surface area contributed by atoms with Crippen LogP contribution in [0.5, 0.6) is 0 Å². The van der Waals surface area contributed by atoms with E-state index < -0.39 is 39.8 Å². The number of aliphatic hydroxyl groups excluding tert-OH is 2. The molecule has 7 heteroatoms. The molecule has 8 atom stereocenters. The van der Waals surface area contributed by atoms with Gasteiger partial charge in [-0.1, -0.05) is 32.4 Å². The van der Waals surface area contributed by atoms with Crippen LogP contribution in [0, 0.1) is 28.6 Å². The van der Waals surface area contributed by atoms with Gasteiger partial charge in [0, 0.05) is 10.8 Å². The summed E-state index contributed by atoms with van der Waals surface area (Å²) in [5.74, 6) is -1.15. The van der Waals surface area contributed by atoms with E-state index in [2.05, 4.69) is 0 Å². The number of Topliss-reactive ketones (excluding diaryl/α,β-unsaturated/α-hetero) is 1. The van der Waals surface area contributed by atoms with Gasteiger partial charge < -0.3 is 21.5 Å². The van der Waals surface area contributed by atoms with Gasteiger partial charge in [0.25, 0.3) is 0 Å². The third kappa shape index (κ3) is 2.44. The quantitative estimate of drug-likeness (QED) is 0.502. The topological polar surface area (TPSA) is 130 Å². The van der Waals surface area contributed by atoms with E-state index >= 15 is 0 Å². The minimum atomic E-state index is -1.68. The van der Waals surface area contributed by atoms with Crippen molar-refractivity contribution in [2.75, 3.05) is 6.61 Å². The predicted molar refractivity (Wildman–Crippen MR) is 110 cm³/mol. The average molecular weight is 426 g/mol. The Morgan fingerprint density at radius 1 is 1.31 bits per heavy atom. The Hall–Kier alpha value is -1.05. The molecule has 3 fully saturated rings. The van der Waals surface area contributed by atoms with Gasteiger partial charge in [0.05, 0.1) is 11.0 Å². The summed E-state index contributed by atoms with van der Waals surface area (Å²) in [6.45, 7) is 4.97. The lowest BCUT2D eigenvalue weighted by molar-refractivity contribution is -0.179. The molecule has 162 valence electrons. The average Bonchev–Trinajstić information content (AvgIpc) is 2.84. The summed E-state index contributed by atoms with van der Waals surface area (Å²) in [6.07, 6.45) is 6.22. The van der Waals surface area contributed by atoms with E-state index in [0.29, 0.717) is 19.3 Å². The monoisotopic (exact) mass is 425 g/mol. The first-order valence-electron chi connectivity index (χ1n) is 10.1. The number of hydrogen-bond acceptors (Lipinski definition) is 6. The van der Waals surface area contributed by atoms with E-state index in [4.69, 9.17) is 11.6 Å². The smallest absolute Gasteiger partial charge is 0.190 e. The van der Waals surface area contributed by atoms with Crippen molar-refractivity contribution in [1.82, 2.24) is 6.15 Å². The number of aliphatic hydroxyl groups is 3. The third-order valence-corrected chi connectivity index (χ3v) is 9.72. The zero-order chi connectivity index (χ0) is 20.7. The molecular formula is C22H32ClNO5. The highest BCUT2D eigenvalue weighted by atomic mass is 35.5. The van der Waals surface area contributed by atoms with Crippen LogP contribution in [0.15, 0.2) is 23.8 Å². The largest absolute Gasteiger partial charge is 0.391 e. The maximum Gasteiger partial charge on any atom is 0.190 e. The summed E-state index contributed by atoms with van der Waals surface area (Å²) >= 11 is 7.30. The molecule has 0 aromatic carbocycles. The van der Waals surface area contributed by atoms with Gasteiger partial charge in [0.1, 0.15) is 12.2 Å². The first-order valence-corrected chi connectivity index (χ1v) is 10.5. The zero-order valence-electron chi connectivity index (χ0n) is 17.3. The maximum atomic E-state index is 12.6. The van der Waals surface area contributed by atoms with Crippen molar-refractivity contribution in [1.29, 1.82) is 0 Å². The van der Waals surface area contributed by atoms with Crippen LogP contribution in [0.4, 0.5) is 0 Å². The molecule has 6 nitrogen and oxygen atoms in total. The Morgan fingerprint density at radius 2 is 1.97 bits per heavy atom. The van der Waals surface area contributed by atoms with Crippen LogP contribution < -0.4 is 6.15 Å². The Balaban J connectivity index is 0.00000240. The molecule has 4 rings (SSSR count). The lowest BCUT2D eigenvalue weighted by Crippen LogP contribution is -2.69. The Bertz CT molecular complexity index is 811. The summed E-state index contributed by atoms with van der Waals surface area (Å²) in [5, 5.41) is 32.3. The van der Waals surface area contributed by atoms with Gasteiger partial charge in [-0.2, -0.15) is 0 Å². The second kappa shape index (κ2) is 6.72. The van der Waals surface area contributed by atoms with Gasteiger partial charge in [-0.25, -0.2) is 0 Å². The molecule has 6 N–H and O–H groups in total. The van der Waals surface area contributed by atoms with Crippen LogP contribution in [0.25, 0.3) is 0 Å². The van der Waals surface area contributed by atoms with Gasteiger partial charge in [0.15, 0.2) is 11.6 Å². The SMILES string of the molecule is C[C@H]1C[C@H]2[C@@H]3CCC4=CC(=O)C=C[C@]4(C)[C@@]3(Cl)[C@@H](O)C[C@]2(C)[C@@]1(O)C(=O)CO.N. The number of hydrogen-bond donors (Lipinski definition) is 4. The van der Waals surface area contributed by atoms with Gasteiger partial charge in [-0.05, 0) is 55.6 Å². The lowest BCUT2D eigenvalue weighted by atomic mass is 9.45. The number of carbonyl (C=O) groups is 2. The minimum Gasteiger partial charge on any atom is -0.391 e. The Morgan fingerprint density at radius 3 is 2.59 bits per heavy atom. The number of allylic oxidation sites excluding steroid dienone is 4. The lowest BCUT2D eigenvalue weighted by Gasteiger charge is -2.63. The van der Waals surface area contributed by atoms with Gasteiger partial charge >= 0.3 is 0 Å². The van der Waals surface area contributed by atoms with E-state index in [1.54, 1.807) is 6.08 Å². The molecule has 4 aliphatic carbocycles. The molecule has 29 heavy (non-hydrogen) atoms. The van der Waals surface area contributed by atoms with Gasteiger partial charge in [-0.15, -0.1) is 11.6 Å². The van der Waals surface area contributed by atoms with Gasteiger partial charge in [0.2, 0.25) is 0 Å².